The van der Waals surface area contributed by atoms with E-state index in [1.54, 1.807) is 37.4 Å². The van der Waals surface area contributed by atoms with Crippen molar-refractivity contribution >= 4 is 22.8 Å². The van der Waals surface area contributed by atoms with Crippen molar-refractivity contribution in [3.8, 4) is 0 Å². The SMILES string of the molecule is Cn1c(=O)oc2cc(NC(=O)NCc3cccc(F)c3)ccc21. The van der Waals surface area contributed by atoms with E-state index in [0.29, 0.717) is 22.4 Å². The first-order chi connectivity index (χ1) is 11.0. The monoisotopic (exact) mass is 315 g/mol. The van der Waals surface area contributed by atoms with Crippen molar-refractivity contribution in [3.63, 3.8) is 0 Å². The molecular weight excluding hydrogens is 301 g/mol. The van der Waals surface area contributed by atoms with Crippen LogP contribution in [0.25, 0.3) is 11.1 Å². The lowest BCUT2D eigenvalue weighted by atomic mass is 10.2. The quantitative estimate of drug-likeness (QED) is 0.780. The van der Waals surface area contributed by atoms with Crippen LogP contribution in [-0.2, 0) is 13.6 Å². The molecule has 3 rings (SSSR count). The summed E-state index contributed by atoms with van der Waals surface area (Å²) in [5.41, 5.74) is 2.18. The van der Waals surface area contributed by atoms with Gasteiger partial charge in [-0.2, -0.15) is 0 Å². The van der Waals surface area contributed by atoms with Crippen LogP contribution in [0.4, 0.5) is 14.9 Å². The van der Waals surface area contributed by atoms with Gasteiger partial charge in [0.15, 0.2) is 5.58 Å². The molecule has 23 heavy (non-hydrogen) atoms. The summed E-state index contributed by atoms with van der Waals surface area (Å²) in [4.78, 5) is 23.3. The van der Waals surface area contributed by atoms with Gasteiger partial charge in [-0.25, -0.2) is 14.0 Å². The Morgan fingerprint density at radius 2 is 2.09 bits per heavy atom. The number of rotatable bonds is 3. The van der Waals surface area contributed by atoms with Gasteiger partial charge in [0.2, 0.25) is 0 Å². The summed E-state index contributed by atoms with van der Waals surface area (Å²) in [6.45, 7) is 0.201. The fourth-order valence-corrected chi connectivity index (χ4v) is 2.22. The Hall–Kier alpha value is -3.09. The molecule has 1 heterocycles. The van der Waals surface area contributed by atoms with Crippen molar-refractivity contribution in [2.45, 2.75) is 6.54 Å². The Morgan fingerprint density at radius 3 is 2.87 bits per heavy atom. The lowest BCUT2D eigenvalue weighted by molar-refractivity contribution is 0.251. The molecule has 0 radical (unpaired) electrons. The fourth-order valence-electron chi connectivity index (χ4n) is 2.22. The van der Waals surface area contributed by atoms with Gasteiger partial charge >= 0.3 is 11.8 Å². The number of oxazole rings is 1. The third-order valence-electron chi connectivity index (χ3n) is 3.39. The number of aryl methyl sites for hydroxylation is 1. The van der Waals surface area contributed by atoms with E-state index < -0.39 is 11.8 Å². The molecule has 0 saturated carbocycles. The third kappa shape index (κ3) is 3.23. The maximum atomic E-state index is 13.1. The van der Waals surface area contributed by atoms with E-state index in [-0.39, 0.29) is 12.4 Å². The van der Waals surface area contributed by atoms with Crippen LogP contribution in [0.2, 0.25) is 0 Å². The van der Waals surface area contributed by atoms with E-state index >= 15 is 0 Å². The van der Waals surface area contributed by atoms with Gasteiger partial charge in [-0.15, -0.1) is 0 Å². The Kier molecular flexibility index (Phi) is 3.84. The van der Waals surface area contributed by atoms with Crippen LogP contribution in [-0.4, -0.2) is 10.6 Å². The number of fused-ring (bicyclic) bond motifs is 1. The zero-order chi connectivity index (χ0) is 16.4. The maximum Gasteiger partial charge on any atom is 0.419 e. The molecule has 0 spiro atoms. The van der Waals surface area contributed by atoms with Crippen LogP contribution in [0.15, 0.2) is 51.7 Å². The second-order valence-electron chi connectivity index (χ2n) is 5.05. The largest absolute Gasteiger partial charge is 0.419 e. The molecule has 2 aromatic carbocycles. The molecule has 1 aromatic heterocycles. The standard InChI is InChI=1S/C16H14FN3O3/c1-20-13-6-5-12(8-14(13)23-16(20)22)19-15(21)18-9-10-3-2-4-11(17)7-10/h2-8H,9H2,1H3,(H2,18,19,21). The molecule has 0 unspecified atom stereocenters. The number of nitrogens with one attached hydrogen (secondary N) is 2. The number of hydrogen-bond acceptors (Lipinski definition) is 3. The van der Waals surface area contributed by atoms with Crippen LogP contribution < -0.4 is 16.4 Å². The highest BCUT2D eigenvalue weighted by molar-refractivity contribution is 5.91. The van der Waals surface area contributed by atoms with Crippen molar-refractivity contribution in [1.82, 2.24) is 9.88 Å². The molecule has 2 amide bonds. The summed E-state index contributed by atoms with van der Waals surface area (Å²) in [6.07, 6.45) is 0. The number of carbonyl (C=O) groups is 1. The number of halogens is 1. The molecule has 6 nitrogen and oxygen atoms in total. The first-order valence-corrected chi connectivity index (χ1v) is 6.92. The number of aromatic nitrogens is 1. The molecule has 0 bridgehead atoms. The summed E-state index contributed by atoms with van der Waals surface area (Å²) in [5, 5.41) is 5.26. The topological polar surface area (TPSA) is 76.3 Å². The molecule has 0 aliphatic rings. The Balaban J connectivity index is 1.67. The average molecular weight is 315 g/mol. The van der Waals surface area contributed by atoms with Crippen LogP contribution in [0.1, 0.15) is 5.56 Å². The number of hydrogen-bond donors (Lipinski definition) is 2. The number of amides is 2. The molecule has 3 aromatic rings. The van der Waals surface area contributed by atoms with Gasteiger partial charge in [0.25, 0.3) is 0 Å². The van der Waals surface area contributed by atoms with Gasteiger partial charge < -0.3 is 15.1 Å². The third-order valence-corrected chi connectivity index (χ3v) is 3.39. The average Bonchev–Trinajstić information content (AvgIpc) is 2.80. The minimum atomic E-state index is -0.465. The number of benzene rings is 2. The van der Waals surface area contributed by atoms with Crippen LogP contribution in [0.5, 0.6) is 0 Å². The van der Waals surface area contributed by atoms with Gasteiger partial charge in [-0.1, -0.05) is 12.1 Å². The van der Waals surface area contributed by atoms with Crippen molar-refractivity contribution in [2.24, 2.45) is 7.05 Å². The predicted molar refractivity (Wildman–Crippen MR) is 83.7 cm³/mol. The molecule has 0 aliphatic carbocycles. The second-order valence-corrected chi connectivity index (χ2v) is 5.05. The van der Waals surface area contributed by atoms with Crippen molar-refractivity contribution in [1.29, 1.82) is 0 Å². The van der Waals surface area contributed by atoms with E-state index in [4.69, 9.17) is 4.42 Å². The van der Waals surface area contributed by atoms with Crippen molar-refractivity contribution in [3.05, 3.63) is 64.4 Å². The van der Waals surface area contributed by atoms with E-state index in [2.05, 4.69) is 10.6 Å². The Morgan fingerprint density at radius 1 is 1.26 bits per heavy atom. The molecular formula is C16H14FN3O3. The van der Waals surface area contributed by atoms with Gasteiger partial charge in [0.1, 0.15) is 5.82 Å². The number of nitrogens with zero attached hydrogens (tertiary/aromatic N) is 1. The molecule has 118 valence electrons. The van der Waals surface area contributed by atoms with E-state index in [1.165, 1.54) is 16.7 Å². The second kappa shape index (κ2) is 5.96. The van der Waals surface area contributed by atoms with Gasteiger partial charge in [0.05, 0.1) is 5.52 Å². The normalized spacial score (nSPS) is 10.7. The van der Waals surface area contributed by atoms with Crippen LogP contribution in [0, 0.1) is 5.82 Å². The zero-order valence-corrected chi connectivity index (χ0v) is 12.3. The number of carbonyl (C=O) groups excluding carboxylic acids is 1. The fraction of sp³-hybridized carbons (Fsp3) is 0.125. The molecule has 0 atom stereocenters. The first kappa shape index (κ1) is 14.8. The zero-order valence-electron chi connectivity index (χ0n) is 12.3. The van der Waals surface area contributed by atoms with Crippen LogP contribution >= 0.6 is 0 Å². The van der Waals surface area contributed by atoms with Gasteiger partial charge in [-0.05, 0) is 29.8 Å². The first-order valence-electron chi connectivity index (χ1n) is 6.92. The summed E-state index contributed by atoms with van der Waals surface area (Å²) in [7, 11) is 1.60. The highest BCUT2D eigenvalue weighted by Gasteiger charge is 2.08. The number of anilines is 1. The number of urea groups is 1. The summed E-state index contributed by atoms with van der Waals surface area (Å²) < 4.78 is 19.5. The van der Waals surface area contributed by atoms with Gasteiger partial charge in [0, 0.05) is 25.3 Å². The van der Waals surface area contributed by atoms with Gasteiger partial charge in [-0.3, -0.25) is 4.57 Å². The van der Waals surface area contributed by atoms with E-state index in [9.17, 15) is 14.0 Å². The summed E-state index contributed by atoms with van der Waals surface area (Å²) in [6, 6.07) is 10.5. The van der Waals surface area contributed by atoms with E-state index in [1.807, 2.05) is 0 Å². The molecule has 7 heteroatoms. The maximum absolute atomic E-state index is 13.1. The predicted octanol–water partition coefficient (Wildman–Crippen LogP) is 2.59. The minimum absolute atomic E-state index is 0.201. The minimum Gasteiger partial charge on any atom is -0.408 e. The van der Waals surface area contributed by atoms with Crippen molar-refractivity contribution in [2.75, 3.05) is 5.32 Å². The lowest BCUT2D eigenvalue weighted by Gasteiger charge is -2.07. The van der Waals surface area contributed by atoms with Crippen molar-refractivity contribution < 1.29 is 13.6 Å². The Bertz CT molecular complexity index is 930. The smallest absolute Gasteiger partial charge is 0.408 e. The summed E-state index contributed by atoms with van der Waals surface area (Å²) >= 11 is 0. The Labute approximate surface area is 130 Å². The molecule has 0 aliphatic heterocycles. The van der Waals surface area contributed by atoms with E-state index in [0.717, 1.165) is 0 Å². The summed E-state index contributed by atoms with van der Waals surface area (Å²) in [5.74, 6) is -0.818. The molecule has 0 fully saturated rings. The van der Waals surface area contributed by atoms with Crippen LogP contribution in [0.3, 0.4) is 0 Å². The lowest BCUT2D eigenvalue weighted by Crippen LogP contribution is -2.28. The highest BCUT2D eigenvalue weighted by Crippen LogP contribution is 2.17. The highest BCUT2D eigenvalue weighted by atomic mass is 19.1. The molecule has 2 N–H and O–H groups in total. The molecule has 0 saturated heterocycles.